The molecule has 146 valence electrons. The molecule has 0 radical (unpaired) electrons. The maximum Gasteiger partial charge on any atom is 0.272 e. The van der Waals surface area contributed by atoms with Crippen LogP contribution in [0.5, 0.6) is 0 Å². The zero-order chi connectivity index (χ0) is 20.4. The molecule has 2 amide bonds. The fraction of sp³-hybridized carbons (Fsp3) is 0.263. The lowest BCUT2D eigenvalue weighted by molar-refractivity contribution is -0.385. The molecule has 7 nitrogen and oxygen atoms in total. The normalized spacial score (nSPS) is 16.1. The molecule has 3 rings (SSSR count). The zero-order valence-electron chi connectivity index (χ0n) is 14.9. The van der Waals surface area contributed by atoms with Crippen molar-refractivity contribution in [3.63, 3.8) is 0 Å². The molecule has 28 heavy (non-hydrogen) atoms. The number of nitro benzene ring substituents is 1. The number of nitrogens with zero attached hydrogens (tertiary/aromatic N) is 2. The Balaban J connectivity index is 1.79. The molecule has 0 aliphatic carbocycles. The van der Waals surface area contributed by atoms with Gasteiger partial charge in [0.05, 0.1) is 15.6 Å². The summed E-state index contributed by atoms with van der Waals surface area (Å²) in [4.78, 5) is 37.6. The van der Waals surface area contributed by atoms with Gasteiger partial charge in [0, 0.05) is 28.8 Å². The van der Waals surface area contributed by atoms with E-state index in [9.17, 15) is 19.7 Å². The number of likely N-dealkylation sites (tertiary alicyclic amines) is 1. The maximum atomic E-state index is 12.9. The third kappa shape index (κ3) is 4.10. The predicted molar refractivity (Wildman–Crippen MR) is 107 cm³/mol. The van der Waals surface area contributed by atoms with Crippen LogP contribution in [0.3, 0.4) is 0 Å². The van der Waals surface area contributed by atoms with Crippen LogP contribution in [-0.2, 0) is 4.79 Å². The molecule has 0 bridgehead atoms. The van der Waals surface area contributed by atoms with Gasteiger partial charge in [-0.15, -0.1) is 0 Å². The van der Waals surface area contributed by atoms with Gasteiger partial charge in [-0.05, 0) is 50.1 Å². The average Bonchev–Trinajstić information content (AvgIpc) is 3.13. The third-order valence-electron chi connectivity index (χ3n) is 4.64. The van der Waals surface area contributed by atoms with Crippen molar-refractivity contribution >= 4 is 46.4 Å². The number of aryl methyl sites for hydroxylation is 1. The first-order valence-corrected chi connectivity index (χ1v) is 9.35. The molecule has 1 fully saturated rings. The molecule has 1 N–H and O–H groups in total. The molecule has 9 heteroatoms. The smallest absolute Gasteiger partial charge is 0.272 e. The molecule has 2 aromatic rings. The maximum absolute atomic E-state index is 12.9. The molecular weight excluding hydrogens is 405 g/mol. The van der Waals surface area contributed by atoms with Gasteiger partial charge >= 0.3 is 0 Å². The first-order valence-electron chi connectivity index (χ1n) is 8.60. The lowest BCUT2D eigenvalue weighted by atomic mass is 10.1. The topological polar surface area (TPSA) is 92.6 Å². The molecule has 1 aliphatic rings. The first-order chi connectivity index (χ1) is 13.3. The first kappa shape index (κ1) is 20.1. The largest absolute Gasteiger partial charge is 0.327 e. The summed E-state index contributed by atoms with van der Waals surface area (Å²) >= 11 is 12.0. The predicted octanol–water partition coefficient (Wildman–Crippen LogP) is 4.45. The van der Waals surface area contributed by atoms with Gasteiger partial charge in [0.25, 0.3) is 11.6 Å². The number of rotatable bonds is 4. The Hall–Kier alpha value is -2.64. The van der Waals surface area contributed by atoms with Crippen molar-refractivity contribution in [2.24, 2.45) is 0 Å². The molecule has 2 aromatic carbocycles. The minimum absolute atomic E-state index is 0.0529. The van der Waals surface area contributed by atoms with Crippen LogP contribution < -0.4 is 5.32 Å². The summed E-state index contributed by atoms with van der Waals surface area (Å²) in [5, 5.41) is 14.5. The minimum atomic E-state index is -0.655. The van der Waals surface area contributed by atoms with E-state index in [0.717, 1.165) is 0 Å². The Bertz CT molecular complexity index is 964. The lowest BCUT2D eigenvalue weighted by Gasteiger charge is -2.24. The summed E-state index contributed by atoms with van der Waals surface area (Å²) in [6.07, 6.45) is 1.20. The summed E-state index contributed by atoms with van der Waals surface area (Å²) in [5.74, 6) is -0.693. The van der Waals surface area contributed by atoms with E-state index in [0.29, 0.717) is 46.2 Å². The van der Waals surface area contributed by atoms with Crippen LogP contribution in [-0.4, -0.2) is 34.2 Å². The van der Waals surface area contributed by atoms with E-state index in [1.807, 2.05) is 0 Å². The Morgan fingerprint density at radius 1 is 1.21 bits per heavy atom. The zero-order valence-corrected chi connectivity index (χ0v) is 16.5. The highest BCUT2D eigenvalue weighted by Gasteiger charge is 2.35. The Labute approximate surface area is 171 Å². The fourth-order valence-electron chi connectivity index (χ4n) is 3.25. The number of hydrogen-bond donors (Lipinski definition) is 1. The van der Waals surface area contributed by atoms with Crippen molar-refractivity contribution in [2.75, 3.05) is 11.9 Å². The fourth-order valence-corrected chi connectivity index (χ4v) is 3.59. The van der Waals surface area contributed by atoms with Crippen LogP contribution in [0, 0.1) is 17.0 Å². The number of carbonyl (C=O) groups is 2. The van der Waals surface area contributed by atoms with Crippen LogP contribution in [0.4, 0.5) is 11.4 Å². The number of carbonyl (C=O) groups excluding carboxylic acids is 2. The Morgan fingerprint density at radius 3 is 2.64 bits per heavy atom. The minimum Gasteiger partial charge on any atom is -0.327 e. The van der Waals surface area contributed by atoms with E-state index in [2.05, 4.69) is 5.32 Å². The SMILES string of the molecule is Cc1cc(C(=O)N2CCC[C@@H]2C(=O)Nc2cc(Cl)ccc2Cl)ccc1[N+](=O)[O-]. The van der Waals surface area contributed by atoms with E-state index in [4.69, 9.17) is 23.2 Å². The second-order valence-corrected chi connectivity index (χ2v) is 7.37. The highest BCUT2D eigenvalue weighted by Crippen LogP contribution is 2.28. The number of nitrogens with one attached hydrogen (secondary N) is 1. The van der Waals surface area contributed by atoms with Gasteiger partial charge < -0.3 is 10.2 Å². The van der Waals surface area contributed by atoms with Crippen molar-refractivity contribution in [3.8, 4) is 0 Å². The number of anilines is 1. The summed E-state index contributed by atoms with van der Waals surface area (Å²) in [6.45, 7) is 2.00. The van der Waals surface area contributed by atoms with Crippen molar-refractivity contribution in [2.45, 2.75) is 25.8 Å². The van der Waals surface area contributed by atoms with Crippen molar-refractivity contribution in [1.29, 1.82) is 0 Å². The van der Waals surface area contributed by atoms with Gasteiger partial charge in [0.2, 0.25) is 5.91 Å². The van der Waals surface area contributed by atoms with E-state index >= 15 is 0 Å². The number of benzene rings is 2. The Kier molecular flexibility index (Phi) is 5.86. The third-order valence-corrected chi connectivity index (χ3v) is 5.21. The quantitative estimate of drug-likeness (QED) is 0.582. The standard InChI is InChI=1S/C19H17Cl2N3O4/c1-11-9-12(4-7-16(11)24(27)28)19(26)23-8-2-3-17(23)18(25)22-15-10-13(20)5-6-14(15)21/h4-7,9-10,17H,2-3,8H2,1H3,(H,22,25)/t17-/m1/s1. The molecule has 1 saturated heterocycles. The van der Waals surface area contributed by atoms with Gasteiger partial charge in [0.1, 0.15) is 6.04 Å². The second kappa shape index (κ2) is 8.16. The summed E-state index contributed by atoms with van der Waals surface area (Å²) in [6, 6.07) is 8.27. The van der Waals surface area contributed by atoms with Crippen LogP contribution in [0.2, 0.25) is 10.0 Å². The van der Waals surface area contributed by atoms with Gasteiger partial charge in [-0.25, -0.2) is 0 Å². The molecule has 1 atom stereocenters. The van der Waals surface area contributed by atoms with E-state index in [1.54, 1.807) is 25.1 Å². The summed E-state index contributed by atoms with van der Waals surface area (Å²) in [7, 11) is 0. The van der Waals surface area contributed by atoms with Crippen LogP contribution in [0.1, 0.15) is 28.8 Å². The number of nitro groups is 1. The van der Waals surface area contributed by atoms with Gasteiger partial charge in [-0.3, -0.25) is 19.7 Å². The molecule has 0 unspecified atom stereocenters. The molecule has 0 saturated carbocycles. The van der Waals surface area contributed by atoms with E-state index in [-0.39, 0.29) is 17.5 Å². The van der Waals surface area contributed by atoms with Gasteiger partial charge in [-0.2, -0.15) is 0 Å². The van der Waals surface area contributed by atoms with Crippen molar-refractivity contribution < 1.29 is 14.5 Å². The monoisotopic (exact) mass is 421 g/mol. The molecule has 0 spiro atoms. The van der Waals surface area contributed by atoms with Crippen LogP contribution in [0.25, 0.3) is 0 Å². The highest BCUT2D eigenvalue weighted by atomic mass is 35.5. The number of hydrogen-bond acceptors (Lipinski definition) is 4. The second-order valence-electron chi connectivity index (χ2n) is 6.53. The summed E-state index contributed by atoms with van der Waals surface area (Å²) < 4.78 is 0. The van der Waals surface area contributed by atoms with Crippen LogP contribution >= 0.6 is 23.2 Å². The van der Waals surface area contributed by atoms with Crippen molar-refractivity contribution in [3.05, 3.63) is 67.7 Å². The van der Waals surface area contributed by atoms with E-state index in [1.165, 1.54) is 23.1 Å². The molecular formula is C19H17Cl2N3O4. The summed E-state index contributed by atoms with van der Waals surface area (Å²) in [5.41, 5.74) is 1.03. The van der Waals surface area contributed by atoms with Crippen LogP contribution in [0.15, 0.2) is 36.4 Å². The lowest BCUT2D eigenvalue weighted by Crippen LogP contribution is -2.43. The number of halogens is 2. The van der Waals surface area contributed by atoms with E-state index < -0.39 is 11.0 Å². The average molecular weight is 422 g/mol. The number of amides is 2. The van der Waals surface area contributed by atoms with Gasteiger partial charge in [-0.1, -0.05) is 23.2 Å². The van der Waals surface area contributed by atoms with Gasteiger partial charge in [0.15, 0.2) is 0 Å². The molecule has 1 heterocycles. The Morgan fingerprint density at radius 2 is 1.96 bits per heavy atom. The highest BCUT2D eigenvalue weighted by molar-refractivity contribution is 6.35. The molecule has 0 aromatic heterocycles. The molecule has 1 aliphatic heterocycles. The van der Waals surface area contributed by atoms with Crippen molar-refractivity contribution in [1.82, 2.24) is 4.90 Å².